The van der Waals surface area contributed by atoms with Crippen molar-refractivity contribution in [1.29, 1.82) is 0 Å². The van der Waals surface area contributed by atoms with Gasteiger partial charge >= 0.3 is 0 Å². The molecule has 0 radical (unpaired) electrons. The number of nitrogens with one attached hydrogen (secondary N) is 2. The highest BCUT2D eigenvalue weighted by atomic mass is 32.2. The summed E-state index contributed by atoms with van der Waals surface area (Å²) in [6.45, 7) is 0. The van der Waals surface area contributed by atoms with Gasteiger partial charge in [-0.1, -0.05) is 11.8 Å². The van der Waals surface area contributed by atoms with E-state index in [9.17, 15) is 14.0 Å². The lowest BCUT2D eigenvalue weighted by molar-refractivity contribution is -0.116. The Balaban J connectivity index is 1.51. The lowest BCUT2D eigenvalue weighted by Crippen LogP contribution is -2.15. The second-order valence-electron chi connectivity index (χ2n) is 6.24. The second-order valence-corrected chi connectivity index (χ2v) is 8.32. The van der Waals surface area contributed by atoms with Gasteiger partial charge in [0, 0.05) is 17.1 Å². The number of thiazole rings is 1. The van der Waals surface area contributed by atoms with Crippen LogP contribution in [-0.4, -0.2) is 36.8 Å². The summed E-state index contributed by atoms with van der Waals surface area (Å²) in [7, 11) is 3.06. The molecular formula is C21H20FN3O4S2. The van der Waals surface area contributed by atoms with Crippen LogP contribution in [0.5, 0.6) is 11.5 Å². The van der Waals surface area contributed by atoms with Crippen molar-refractivity contribution in [3.8, 4) is 11.5 Å². The van der Waals surface area contributed by atoms with Gasteiger partial charge in [-0.05, 0) is 36.4 Å². The second kappa shape index (κ2) is 10.8. The third-order valence-corrected chi connectivity index (χ3v) is 6.08. The molecule has 0 atom stereocenters. The van der Waals surface area contributed by atoms with Crippen LogP contribution in [0.25, 0.3) is 0 Å². The summed E-state index contributed by atoms with van der Waals surface area (Å²) in [4.78, 5) is 28.8. The van der Waals surface area contributed by atoms with Crippen LogP contribution in [0.15, 0.2) is 52.2 Å². The van der Waals surface area contributed by atoms with Crippen molar-refractivity contribution in [2.24, 2.45) is 0 Å². The number of amides is 2. The van der Waals surface area contributed by atoms with Gasteiger partial charge in [0.15, 0.2) is 4.34 Å². The number of benzene rings is 2. The first-order valence-corrected chi connectivity index (χ1v) is 11.0. The average molecular weight is 462 g/mol. The molecule has 0 bridgehead atoms. The number of nitrogens with zero attached hydrogens (tertiary/aromatic N) is 1. The first-order valence-electron chi connectivity index (χ1n) is 9.11. The van der Waals surface area contributed by atoms with Crippen molar-refractivity contribution in [3.05, 3.63) is 59.4 Å². The summed E-state index contributed by atoms with van der Waals surface area (Å²) >= 11 is 2.63. The Labute approximate surface area is 187 Å². The van der Waals surface area contributed by atoms with Crippen LogP contribution in [0.1, 0.15) is 5.69 Å². The normalized spacial score (nSPS) is 10.4. The Hall–Kier alpha value is -3.11. The molecule has 1 heterocycles. The third kappa shape index (κ3) is 6.69. The van der Waals surface area contributed by atoms with Crippen LogP contribution in [0.4, 0.5) is 15.8 Å². The summed E-state index contributed by atoms with van der Waals surface area (Å²) in [5.74, 6) is 0.436. The van der Waals surface area contributed by atoms with Gasteiger partial charge in [-0.2, -0.15) is 0 Å². The zero-order valence-corrected chi connectivity index (χ0v) is 18.4. The molecule has 31 heavy (non-hydrogen) atoms. The van der Waals surface area contributed by atoms with Crippen LogP contribution in [0.3, 0.4) is 0 Å². The van der Waals surface area contributed by atoms with Crippen molar-refractivity contribution in [2.45, 2.75) is 10.8 Å². The van der Waals surface area contributed by atoms with E-state index in [0.717, 1.165) is 0 Å². The topological polar surface area (TPSA) is 89.5 Å². The monoisotopic (exact) mass is 461 g/mol. The molecule has 0 saturated carbocycles. The number of anilines is 2. The number of aromatic nitrogens is 1. The Morgan fingerprint density at radius 3 is 2.55 bits per heavy atom. The minimum atomic E-state index is -0.364. The molecule has 2 N–H and O–H groups in total. The SMILES string of the molecule is COc1ccc(OC)c(NC(=O)Cc2csc(SCC(=O)Nc3ccc(F)cc3)n2)c1. The fraction of sp³-hybridized carbons (Fsp3) is 0.190. The third-order valence-electron chi connectivity index (χ3n) is 4.01. The van der Waals surface area contributed by atoms with E-state index in [1.807, 2.05) is 0 Å². The molecule has 0 spiro atoms. The average Bonchev–Trinajstić information content (AvgIpc) is 3.21. The maximum Gasteiger partial charge on any atom is 0.234 e. The summed E-state index contributed by atoms with van der Waals surface area (Å²) in [6.07, 6.45) is 0.0825. The van der Waals surface area contributed by atoms with E-state index < -0.39 is 0 Å². The van der Waals surface area contributed by atoms with Crippen LogP contribution >= 0.6 is 23.1 Å². The van der Waals surface area contributed by atoms with Gasteiger partial charge in [-0.15, -0.1) is 11.3 Å². The van der Waals surface area contributed by atoms with E-state index in [1.165, 1.54) is 54.5 Å². The van der Waals surface area contributed by atoms with Gasteiger partial charge in [-0.25, -0.2) is 9.37 Å². The molecule has 1 aromatic heterocycles. The number of hydrogen-bond donors (Lipinski definition) is 2. The fourth-order valence-electron chi connectivity index (χ4n) is 2.56. The fourth-order valence-corrected chi connectivity index (χ4v) is 4.21. The molecule has 0 aliphatic carbocycles. The van der Waals surface area contributed by atoms with Gasteiger partial charge in [0.05, 0.1) is 37.8 Å². The summed E-state index contributed by atoms with van der Waals surface area (Å²) < 4.78 is 24.0. The molecule has 0 saturated heterocycles. The van der Waals surface area contributed by atoms with Gasteiger partial charge in [0.25, 0.3) is 0 Å². The van der Waals surface area contributed by atoms with Crippen LogP contribution in [0.2, 0.25) is 0 Å². The molecule has 10 heteroatoms. The standard InChI is InChI=1S/C21H20FN3O4S2/c1-28-16-7-8-18(29-2)17(10-16)25-19(26)9-15-11-30-21(24-15)31-12-20(27)23-14-5-3-13(22)4-6-14/h3-8,10-11H,9,12H2,1-2H3,(H,23,27)(H,25,26). The molecular weight excluding hydrogens is 441 g/mol. The first-order chi connectivity index (χ1) is 15.0. The molecule has 0 unspecified atom stereocenters. The lowest BCUT2D eigenvalue weighted by atomic mass is 10.2. The van der Waals surface area contributed by atoms with Crippen molar-refractivity contribution in [1.82, 2.24) is 4.98 Å². The number of carbonyl (C=O) groups is 2. The van der Waals surface area contributed by atoms with Gasteiger partial charge in [-0.3, -0.25) is 9.59 Å². The Morgan fingerprint density at radius 2 is 1.84 bits per heavy atom. The number of hydrogen-bond acceptors (Lipinski definition) is 7. The molecule has 2 aromatic carbocycles. The molecule has 162 valence electrons. The van der Waals surface area contributed by atoms with Crippen molar-refractivity contribution in [2.75, 3.05) is 30.6 Å². The summed E-state index contributed by atoms with van der Waals surface area (Å²) in [5.41, 5.74) is 1.64. The number of halogens is 1. The van der Waals surface area contributed by atoms with Crippen LogP contribution in [0, 0.1) is 5.82 Å². The number of ether oxygens (including phenoxy) is 2. The number of methoxy groups -OCH3 is 2. The van der Waals surface area contributed by atoms with E-state index in [2.05, 4.69) is 15.6 Å². The predicted molar refractivity (Wildman–Crippen MR) is 120 cm³/mol. The molecule has 3 rings (SSSR count). The maximum atomic E-state index is 12.9. The van der Waals surface area contributed by atoms with E-state index in [-0.39, 0.29) is 29.8 Å². The van der Waals surface area contributed by atoms with Gasteiger partial charge < -0.3 is 20.1 Å². The largest absolute Gasteiger partial charge is 0.497 e. The van der Waals surface area contributed by atoms with Crippen molar-refractivity contribution >= 4 is 46.3 Å². The Kier molecular flexibility index (Phi) is 7.85. The van der Waals surface area contributed by atoms with Crippen molar-refractivity contribution < 1.29 is 23.5 Å². The quantitative estimate of drug-likeness (QED) is 0.464. The minimum absolute atomic E-state index is 0.0825. The molecule has 2 amide bonds. The molecule has 0 aliphatic rings. The number of thioether (sulfide) groups is 1. The van der Waals surface area contributed by atoms with Crippen molar-refractivity contribution in [3.63, 3.8) is 0 Å². The molecule has 0 aliphatic heterocycles. The number of carbonyl (C=O) groups excluding carboxylic acids is 2. The van der Waals surface area contributed by atoms with E-state index in [1.54, 1.807) is 30.7 Å². The summed E-state index contributed by atoms with van der Waals surface area (Å²) in [6, 6.07) is 10.7. The highest BCUT2D eigenvalue weighted by molar-refractivity contribution is 8.01. The molecule has 3 aromatic rings. The van der Waals surface area contributed by atoms with Crippen LogP contribution in [-0.2, 0) is 16.0 Å². The highest BCUT2D eigenvalue weighted by Crippen LogP contribution is 2.29. The highest BCUT2D eigenvalue weighted by Gasteiger charge is 2.13. The first kappa shape index (κ1) is 22.6. The van der Waals surface area contributed by atoms with Gasteiger partial charge in [0.1, 0.15) is 17.3 Å². The molecule has 0 fully saturated rings. The van der Waals surface area contributed by atoms with Crippen LogP contribution < -0.4 is 20.1 Å². The van der Waals surface area contributed by atoms with Gasteiger partial charge in [0.2, 0.25) is 11.8 Å². The Morgan fingerprint density at radius 1 is 1.06 bits per heavy atom. The predicted octanol–water partition coefficient (Wildman–Crippen LogP) is 4.21. The zero-order valence-electron chi connectivity index (χ0n) is 16.8. The smallest absolute Gasteiger partial charge is 0.234 e. The van der Waals surface area contributed by atoms with E-state index in [0.29, 0.717) is 32.9 Å². The lowest BCUT2D eigenvalue weighted by Gasteiger charge is -2.11. The molecule has 7 nitrogen and oxygen atoms in total. The van der Waals surface area contributed by atoms with E-state index in [4.69, 9.17) is 9.47 Å². The Bertz CT molecular complexity index is 1060. The summed E-state index contributed by atoms with van der Waals surface area (Å²) in [5, 5.41) is 7.27. The van der Waals surface area contributed by atoms with E-state index >= 15 is 0 Å². The zero-order chi connectivity index (χ0) is 22.2. The number of rotatable bonds is 9. The maximum absolute atomic E-state index is 12.9. The minimum Gasteiger partial charge on any atom is -0.497 e.